The van der Waals surface area contributed by atoms with Gasteiger partial charge in [-0.05, 0) is 23.8 Å². The molecule has 5 heteroatoms. The molecule has 2 aliphatic heterocycles. The van der Waals surface area contributed by atoms with Crippen molar-refractivity contribution < 1.29 is 9.47 Å². The second kappa shape index (κ2) is 5.33. The predicted molar refractivity (Wildman–Crippen MR) is 85.7 cm³/mol. The molecule has 1 unspecified atom stereocenters. The van der Waals surface area contributed by atoms with Crippen LogP contribution in [-0.4, -0.2) is 24.7 Å². The number of hydrogen-bond donors (Lipinski definition) is 1. The van der Waals surface area contributed by atoms with E-state index < -0.39 is 5.41 Å². The van der Waals surface area contributed by atoms with Gasteiger partial charge in [0.2, 0.25) is 0 Å². The summed E-state index contributed by atoms with van der Waals surface area (Å²) in [6.45, 7) is 1.77. The Labute approximate surface area is 134 Å². The average Bonchev–Trinajstić information content (AvgIpc) is 2.99. The van der Waals surface area contributed by atoms with Crippen molar-refractivity contribution in [1.82, 2.24) is 4.98 Å². The maximum absolute atomic E-state index is 9.01. The van der Waals surface area contributed by atoms with Crippen molar-refractivity contribution in [3.63, 3.8) is 0 Å². The van der Waals surface area contributed by atoms with Crippen LogP contribution in [0.2, 0.25) is 0 Å². The van der Waals surface area contributed by atoms with Crippen molar-refractivity contribution in [1.29, 1.82) is 5.26 Å². The zero-order valence-electron chi connectivity index (χ0n) is 12.5. The number of ether oxygens (including phenoxy) is 2. The number of anilines is 1. The van der Waals surface area contributed by atoms with Crippen molar-refractivity contribution in [3.05, 3.63) is 59.8 Å². The highest BCUT2D eigenvalue weighted by molar-refractivity contribution is 5.64. The van der Waals surface area contributed by atoms with Crippen molar-refractivity contribution in [2.24, 2.45) is 0 Å². The fourth-order valence-electron chi connectivity index (χ4n) is 3.23. The molecule has 114 valence electrons. The number of pyridine rings is 1. The molecule has 2 aromatic rings. The van der Waals surface area contributed by atoms with Gasteiger partial charge in [0.05, 0.1) is 11.5 Å². The predicted octanol–water partition coefficient (Wildman–Crippen LogP) is 2.64. The normalized spacial score (nSPS) is 21.5. The van der Waals surface area contributed by atoms with Crippen molar-refractivity contribution in [3.8, 4) is 17.6 Å². The smallest absolute Gasteiger partial charge is 0.161 e. The van der Waals surface area contributed by atoms with Crippen LogP contribution in [0.5, 0.6) is 11.5 Å². The van der Waals surface area contributed by atoms with E-state index in [4.69, 9.17) is 14.7 Å². The van der Waals surface area contributed by atoms with Gasteiger partial charge in [0.1, 0.15) is 19.0 Å². The second-order valence-electron chi connectivity index (χ2n) is 5.55. The van der Waals surface area contributed by atoms with Crippen LogP contribution in [0.1, 0.15) is 11.1 Å². The Hall–Kier alpha value is -3.00. The molecule has 0 amide bonds. The van der Waals surface area contributed by atoms with E-state index in [9.17, 15) is 0 Å². The maximum atomic E-state index is 9.01. The first-order valence-corrected chi connectivity index (χ1v) is 7.50. The van der Waals surface area contributed by atoms with E-state index in [1.807, 2.05) is 36.4 Å². The third-order valence-corrected chi connectivity index (χ3v) is 4.32. The molecule has 1 aromatic carbocycles. The zero-order chi connectivity index (χ0) is 15.7. The lowest BCUT2D eigenvalue weighted by Crippen LogP contribution is -2.28. The lowest BCUT2D eigenvalue weighted by atomic mass is 9.76. The molecule has 0 bridgehead atoms. The molecule has 1 atom stereocenters. The standard InChI is InChI=1S/C18H15N3O2/c19-7-2-6-18(12-21-17-14(18)3-1-8-20-17)13-4-5-15-16(11-13)23-10-9-22-15/h1-6,8,11H,9-10,12H2,(H,20,21)/b6-2-. The highest BCUT2D eigenvalue weighted by Crippen LogP contribution is 2.44. The summed E-state index contributed by atoms with van der Waals surface area (Å²) < 4.78 is 11.3. The summed E-state index contributed by atoms with van der Waals surface area (Å²) in [4.78, 5) is 4.39. The summed E-state index contributed by atoms with van der Waals surface area (Å²) in [7, 11) is 0. The van der Waals surface area contributed by atoms with E-state index >= 15 is 0 Å². The van der Waals surface area contributed by atoms with Gasteiger partial charge in [0.25, 0.3) is 0 Å². The van der Waals surface area contributed by atoms with E-state index in [-0.39, 0.29) is 0 Å². The number of nitrogens with one attached hydrogen (secondary N) is 1. The number of allylic oxidation sites excluding steroid dienone is 1. The summed E-state index contributed by atoms with van der Waals surface area (Å²) in [6, 6.07) is 12.0. The van der Waals surface area contributed by atoms with Crippen LogP contribution < -0.4 is 14.8 Å². The summed E-state index contributed by atoms with van der Waals surface area (Å²) >= 11 is 0. The Bertz CT molecular complexity index is 825. The second-order valence-corrected chi connectivity index (χ2v) is 5.55. The molecule has 0 aliphatic carbocycles. The molecule has 0 spiro atoms. The number of aromatic nitrogens is 1. The van der Waals surface area contributed by atoms with Crippen LogP contribution in [-0.2, 0) is 5.41 Å². The minimum Gasteiger partial charge on any atom is -0.486 e. The Morgan fingerprint density at radius 2 is 2.09 bits per heavy atom. The Balaban J connectivity index is 1.88. The molecular formula is C18H15N3O2. The number of nitrogens with zero attached hydrogens (tertiary/aromatic N) is 2. The molecule has 0 saturated carbocycles. The zero-order valence-corrected chi connectivity index (χ0v) is 12.5. The molecule has 23 heavy (non-hydrogen) atoms. The number of benzene rings is 1. The van der Waals surface area contributed by atoms with Crippen molar-refractivity contribution in [2.45, 2.75) is 5.41 Å². The number of fused-ring (bicyclic) bond motifs is 2. The lowest BCUT2D eigenvalue weighted by Gasteiger charge is -2.28. The van der Waals surface area contributed by atoms with Crippen molar-refractivity contribution in [2.75, 3.05) is 25.1 Å². The average molecular weight is 305 g/mol. The van der Waals surface area contributed by atoms with Crippen LogP contribution in [0.25, 0.3) is 0 Å². The van der Waals surface area contributed by atoms with Crippen LogP contribution in [0.15, 0.2) is 48.7 Å². The SMILES string of the molecule is N#C/C=C\C1(c2ccc3c(c2)OCCO3)CNc2ncccc21. The lowest BCUT2D eigenvalue weighted by molar-refractivity contribution is 0.171. The van der Waals surface area contributed by atoms with Gasteiger partial charge < -0.3 is 14.8 Å². The van der Waals surface area contributed by atoms with Crippen LogP contribution >= 0.6 is 0 Å². The maximum Gasteiger partial charge on any atom is 0.161 e. The molecule has 2 aliphatic rings. The van der Waals surface area contributed by atoms with Crippen LogP contribution in [0.3, 0.4) is 0 Å². The van der Waals surface area contributed by atoms with Gasteiger partial charge in [-0.25, -0.2) is 4.98 Å². The van der Waals surface area contributed by atoms with Crippen molar-refractivity contribution >= 4 is 5.82 Å². The summed E-state index contributed by atoms with van der Waals surface area (Å²) in [5.74, 6) is 2.36. The minimum absolute atomic E-state index is 0.435. The van der Waals surface area contributed by atoms with Gasteiger partial charge in [-0.2, -0.15) is 5.26 Å². The molecule has 0 radical (unpaired) electrons. The Morgan fingerprint density at radius 1 is 1.22 bits per heavy atom. The van der Waals surface area contributed by atoms with E-state index in [1.165, 1.54) is 6.08 Å². The summed E-state index contributed by atoms with van der Waals surface area (Å²) in [5.41, 5.74) is 1.67. The molecule has 1 aromatic heterocycles. The van der Waals surface area contributed by atoms with E-state index in [0.29, 0.717) is 19.8 Å². The highest BCUT2D eigenvalue weighted by atomic mass is 16.6. The largest absolute Gasteiger partial charge is 0.486 e. The quantitative estimate of drug-likeness (QED) is 0.864. The van der Waals surface area contributed by atoms with Gasteiger partial charge in [0.15, 0.2) is 11.5 Å². The first-order valence-electron chi connectivity index (χ1n) is 7.50. The number of nitriles is 1. The molecule has 5 nitrogen and oxygen atoms in total. The molecule has 1 N–H and O–H groups in total. The minimum atomic E-state index is -0.435. The van der Waals surface area contributed by atoms with E-state index in [0.717, 1.165) is 28.4 Å². The number of rotatable bonds is 2. The Morgan fingerprint density at radius 3 is 2.96 bits per heavy atom. The fourth-order valence-corrected chi connectivity index (χ4v) is 3.23. The monoisotopic (exact) mass is 305 g/mol. The highest BCUT2D eigenvalue weighted by Gasteiger charge is 2.39. The topological polar surface area (TPSA) is 67.2 Å². The van der Waals surface area contributed by atoms with Gasteiger partial charge in [-0.3, -0.25) is 0 Å². The summed E-state index contributed by atoms with van der Waals surface area (Å²) in [6.07, 6.45) is 5.22. The fraction of sp³-hybridized carbons (Fsp3) is 0.222. The van der Waals surface area contributed by atoms with Gasteiger partial charge in [0, 0.05) is 24.4 Å². The van der Waals surface area contributed by atoms with Crippen LogP contribution in [0, 0.1) is 11.3 Å². The van der Waals surface area contributed by atoms with Gasteiger partial charge in [-0.1, -0.05) is 18.2 Å². The Kier molecular flexibility index (Phi) is 3.16. The molecule has 4 rings (SSSR count). The van der Waals surface area contributed by atoms with E-state index in [2.05, 4.69) is 16.4 Å². The molecule has 0 fully saturated rings. The molecule has 0 saturated heterocycles. The summed E-state index contributed by atoms with van der Waals surface area (Å²) in [5, 5.41) is 12.3. The van der Waals surface area contributed by atoms with Gasteiger partial charge in [-0.15, -0.1) is 0 Å². The molecule has 3 heterocycles. The third-order valence-electron chi connectivity index (χ3n) is 4.32. The van der Waals surface area contributed by atoms with E-state index in [1.54, 1.807) is 6.20 Å². The van der Waals surface area contributed by atoms with Gasteiger partial charge >= 0.3 is 0 Å². The van der Waals surface area contributed by atoms with Crippen LogP contribution in [0.4, 0.5) is 5.82 Å². The molecular weight excluding hydrogens is 290 g/mol. The third kappa shape index (κ3) is 2.11. The first-order chi connectivity index (χ1) is 11.3. The number of hydrogen-bond acceptors (Lipinski definition) is 5. The first kappa shape index (κ1) is 13.6.